The van der Waals surface area contributed by atoms with Crippen LogP contribution in [0.4, 0.5) is 10.3 Å². The summed E-state index contributed by atoms with van der Waals surface area (Å²) in [4.78, 5) is 38.1. The van der Waals surface area contributed by atoms with Gasteiger partial charge in [-0.15, -0.1) is 0 Å². The lowest BCUT2D eigenvalue weighted by Crippen LogP contribution is -2.50. The number of piperazine rings is 1. The molecule has 2 unspecified atom stereocenters. The minimum Gasteiger partial charge on any atom is -0.335 e. The van der Waals surface area contributed by atoms with E-state index in [-0.39, 0.29) is 23.6 Å². The summed E-state index contributed by atoms with van der Waals surface area (Å²) in [6.07, 6.45) is 4.14. The molecule has 0 spiro atoms. The van der Waals surface area contributed by atoms with Gasteiger partial charge in [-0.2, -0.15) is 0 Å². The third-order valence-electron chi connectivity index (χ3n) is 5.92. The molecular formula is C22H20FN5O2. The van der Waals surface area contributed by atoms with E-state index in [1.807, 2.05) is 12.1 Å². The molecule has 2 bridgehead atoms. The van der Waals surface area contributed by atoms with Gasteiger partial charge in [-0.3, -0.25) is 19.1 Å². The number of hydrogen-bond acceptors (Lipinski definition) is 5. The second-order valence-electron chi connectivity index (χ2n) is 7.74. The largest absolute Gasteiger partial charge is 0.335 e. The van der Waals surface area contributed by atoms with Gasteiger partial charge in [-0.05, 0) is 36.8 Å². The molecule has 152 valence electrons. The molecule has 3 aromatic rings. The van der Waals surface area contributed by atoms with Crippen LogP contribution in [0.3, 0.4) is 0 Å². The maximum atomic E-state index is 13.5. The Kier molecular flexibility index (Phi) is 4.34. The van der Waals surface area contributed by atoms with Gasteiger partial charge in [-0.25, -0.2) is 9.37 Å². The number of pyridine rings is 1. The van der Waals surface area contributed by atoms with E-state index in [0.29, 0.717) is 30.3 Å². The van der Waals surface area contributed by atoms with Gasteiger partial charge in [0.15, 0.2) is 0 Å². The zero-order valence-corrected chi connectivity index (χ0v) is 16.4. The first kappa shape index (κ1) is 18.5. The molecule has 8 heteroatoms. The zero-order valence-electron chi connectivity index (χ0n) is 16.4. The lowest BCUT2D eigenvalue weighted by atomic mass is 10.1. The van der Waals surface area contributed by atoms with Gasteiger partial charge >= 0.3 is 0 Å². The van der Waals surface area contributed by atoms with Crippen molar-refractivity contribution in [1.29, 1.82) is 0 Å². The fraction of sp³-hybridized carbons (Fsp3) is 0.273. The number of carbonyl (C=O) groups is 1. The number of hydrogen-bond donors (Lipinski definition) is 0. The van der Waals surface area contributed by atoms with Gasteiger partial charge in [0.05, 0.1) is 17.8 Å². The normalized spacial score (nSPS) is 20.1. The molecule has 2 fully saturated rings. The Morgan fingerprint density at radius 3 is 2.60 bits per heavy atom. The molecule has 0 radical (unpaired) electrons. The van der Waals surface area contributed by atoms with Crippen molar-refractivity contribution in [2.45, 2.75) is 18.5 Å². The highest BCUT2D eigenvalue weighted by atomic mass is 19.1. The fourth-order valence-corrected chi connectivity index (χ4v) is 4.40. The highest BCUT2D eigenvalue weighted by molar-refractivity contribution is 5.95. The maximum absolute atomic E-state index is 13.5. The van der Waals surface area contributed by atoms with Crippen molar-refractivity contribution < 1.29 is 9.18 Å². The van der Waals surface area contributed by atoms with Crippen LogP contribution in [0.25, 0.3) is 11.3 Å². The van der Waals surface area contributed by atoms with E-state index in [2.05, 4.69) is 9.88 Å². The number of aromatic nitrogens is 3. The summed E-state index contributed by atoms with van der Waals surface area (Å²) in [5.41, 5.74) is 1.66. The van der Waals surface area contributed by atoms with Crippen molar-refractivity contribution >= 4 is 11.9 Å². The van der Waals surface area contributed by atoms with Crippen LogP contribution in [0.1, 0.15) is 16.8 Å². The van der Waals surface area contributed by atoms with E-state index in [4.69, 9.17) is 4.98 Å². The van der Waals surface area contributed by atoms with E-state index in [1.165, 1.54) is 18.2 Å². The predicted octanol–water partition coefficient (Wildman–Crippen LogP) is 2.08. The van der Waals surface area contributed by atoms with Crippen molar-refractivity contribution in [2.75, 3.05) is 18.0 Å². The Hall–Kier alpha value is -3.55. The van der Waals surface area contributed by atoms with Crippen LogP contribution in [-0.2, 0) is 7.05 Å². The highest BCUT2D eigenvalue weighted by Crippen LogP contribution is 2.34. The molecule has 5 rings (SSSR count). The minimum absolute atomic E-state index is 0.00671. The van der Waals surface area contributed by atoms with Crippen LogP contribution in [0.15, 0.2) is 59.7 Å². The summed E-state index contributed by atoms with van der Waals surface area (Å²) in [5, 5.41) is 0. The van der Waals surface area contributed by atoms with E-state index in [1.54, 1.807) is 41.0 Å². The van der Waals surface area contributed by atoms with E-state index in [0.717, 1.165) is 12.0 Å². The molecule has 2 saturated heterocycles. The number of amides is 1. The van der Waals surface area contributed by atoms with Crippen molar-refractivity contribution in [3.8, 4) is 11.3 Å². The lowest BCUT2D eigenvalue weighted by molar-refractivity contribution is 0.0724. The van der Waals surface area contributed by atoms with Crippen LogP contribution in [0, 0.1) is 5.82 Å². The van der Waals surface area contributed by atoms with E-state index >= 15 is 0 Å². The van der Waals surface area contributed by atoms with E-state index in [9.17, 15) is 14.0 Å². The van der Waals surface area contributed by atoms with Gasteiger partial charge in [0, 0.05) is 49.7 Å². The number of benzene rings is 1. The monoisotopic (exact) mass is 405 g/mol. The Bertz CT molecular complexity index is 1180. The Labute approximate surface area is 172 Å². The Balaban J connectivity index is 1.42. The first-order chi connectivity index (χ1) is 14.5. The van der Waals surface area contributed by atoms with Gasteiger partial charge < -0.3 is 9.80 Å². The van der Waals surface area contributed by atoms with Crippen LogP contribution < -0.4 is 10.5 Å². The molecular weight excluding hydrogens is 385 g/mol. The van der Waals surface area contributed by atoms with E-state index < -0.39 is 5.82 Å². The molecule has 0 N–H and O–H groups in total. The molecule has 2 aliphatic heterocycles. The van der Waals surface area contributed by atoms with Gasteiger partial charge in [0.25, 0.3) is 11.5 Å². The maximum Gasteiger partial charge on any atom is 0.255 e. The third-order valence-corrected chi connectivity index (χ3v) is 5.92. The SMILES string of the molecule is Cn1c(N2CC3CC2CN3C(=O)c2cccc(F)c2)nc(-c2ccncc2)cc1=O. The van der Waals surface area contributed by atoms with Crippen molar-refractivity contribution in [3.05, 3.63) is 76.6 Å². The van der Waals surface area contributed by atoms with Crippen molar-refractivity contribution in [1.82, 2.24) is 19.4 Å². The molecule has 2 aromatic heterocycles. The molecule has 30 heavy (non-hydrogen) atoms. The molecule has 2 atom stereocenters. The third kappa shape index (κ3) is 3.04. The van der Waals surface area contributed by atoms with Gasteiger partial charge in [-0.1, -0.05) is 6.07 Å². The fourth-order valence-electron chi connectivity index (χ4n) is 4.40. The average molecular weight is 405 g/mol. The smallest absolute Gasteiger partial charge is 0.255 e. The summed E-state index contributed by atoms with van der Waals surface area (Å²) < 4.78 is 15.1. The second-order valence-corrected chi connectivity index (χ2v) is 7.74. The number of likely N-dealkylation sites (tertiary alicyclic amines) is 1. The standard InChI is InChI=1S/C22H20FN5O2/c1-26-20(29)11-19(14-5-7-24-8-6-14)25-22(26)28-13-17-10-18(28)12-27(17)21(30)15-3-2-4-16(23)9-15/h2-9,11,17-18H,10,12-13H2,1H3. The number of fused-ring (bicyclic) bond motifs is 2. The van der Waals surface area contributed by atoms with Crippen molar-refractivity contribution in [2.24, 2.45) is 7.05 Å². The minimum atomic E-state index is -0.418. The van der Waals surface area contributed by atoms with Crippen LogP contribution >= 0.6 is 0 Å². The molecule has 1 amide bonds. The van der Waals surface area contributed by atoms with Gasteiger partial charge in [0.1, 0.15) is 5.82 Å². The molecule has 0 saturated carbocycles. The van der Waals surface area contributed by atoms with Crippen LogP contribution in [0.5, 0.6) is 0 Å². The molecule has 4 heterocycles. The van der Waals surface area contributed by atoms with Crippen LogP contribution in [0.2, 0.25) is 0 Å². The summed E-state index contributed by atoms with van der Waals surface area (Å²) in [7, 11) is 1.71. The Morgan fingerprint density at radius 1 is 1.10 bits per heavy atom. The summed E-state index contributed by atoms with van der Waals surface area (Å²) in [6, 6.07) is 11.0. The highest BCUT2D eigenvalue weighted by Gasteiger charge is 2.46. The van der Waals surface area contributed by atoms with Crippen molar-refractivity contribution in [3.63, 3.8) is 0 Å². The summed E-state index contributed by atoms with van der Waals surface area (Å²) in [6.45, 7) is 1.11. The topological polar surface area (TPSA) is 71.3 Å². The first-order valence-electron chi connectivity index (χ1n) is 9.83. The number of anilines is 1. The summed E-state index contributed by atoms with van der Waals surface area (Å²) in [5.74, 6) is 0.0210. The van der Waals surface area contributed by atoms with Crippen LogP contribution in [-0.4, -0.2) is 50.5 Å². The lowest BCUT2D eigenvalue weighted by Gasteiger charge is -2.35. The Morgan fingerprint density at radius 2 is 1.90 bits per heavy atom. The molecule has 1 aromatic carbocycles. The van der Waals surface area contributed by atoms with Gasteiger partial charge in [0.2, 0.25) is 5.95 Å². The molecule has 2 aliphatic rings. The molecule has 0 aliphatic carbocycles. The quantitative estimate of drug-likeness (QED) is 0.667. The average Bonchev–Trinajstić information content (AvgIpc) is 3.36. The molecule has 7 nitrogen and oxygen atoms in total. The second kappa shape index (κ2) is 7.05. The number of carbonyl (C=O) groups excluding carboxylic acids is 1. The first-order valence-corrected chi connectivity index (χ1v) is 9.83. The number of rotatable bonds is 3. The zero-order chi connectivity index (χ0) is 20.8. The number of nitrogens with zero attached hydrogens (tertiary/aromatic N) is 5. The predicted molar refractivity (Wildman–Crippen MR) is 110 cm³/mol. The summed E-state index contributed by atoms with van der Waals surface area (Å²) >= 11 is 0. The number of halogens is 1.